The van der Waals surface area contributed by atoms with Gasteiger partial charge in [0.1, 0.15) is 10.7 Å². The first-order valence-corrected chi connectivity index (χ1v) is 10.7. The van der Waals surface area contributed by atoms with E-state index < -0.39 is 0 Å². The number of thiazole rings is 2. The van der Waals surface area contributed by atoms with Gasteiger partial charge in [-0.1, -0.05) is 12.1 Å². The summed E-state index contributed by atoms with van der Waals surface area (Å²) in [6.07, 6.45) is 6.22. The molecular formula is C18H17N3OS3. The molecule has 4 rings (SSSR count). The van der Waals surface area contributed by atoms with E-state index in [4.69, 9.17) is 4.98 Å². The second-order valence-electron chi connectivity index (χ2n) is 5.79. The maximum absolute atomic E-state index is 13.0. The highest BCUT2D eigenvalue weighted by Crippen LogP contribution is 2.33. The van der Waals surface area contributed by atoms with Crippen LogP contribution in [0.2, 0.25) is 0 Å². The van der Waals surface area contributed by atoms with Gasteiger partial charge >= 0.3 is 0 Å². The molecule has 1 amide bonds. The summed E-state index contributed by atoms with van der Waals surface area (Å²) in [6.45, 7) is 4.24. The van der Waals surface area contributed by atoms with Crippen LogP contribution in [0.5, 0.6) is 0 Å². The first-order chi connectivity index (χ1) is 12.3. The lowest BCUT2D eigenvalue weighted by Gasteiger charge is -2.16. The predicted molar refractivity (Wildman–Crippen MR) is 106 cm³/mol. The number of thiophene rings is 1. The first-order valence-electron chi connectivity index (χ1n) is 8.17. The van der Waals surface area contributed by atoms with Crippen LogP contribution in [0.4, 0.5) is 5.13 Å². The van der Waals surface area contributed by atoms with E-state index in [1.54, 1.807) is 33.6 Å². The lowest BCUT2D eigenvalue weighted by molar-refractivity contribution is 0.0985. The van der Waals surface area contributed by atoms with Gasteiger partial charge in [0.25, 0.3) is 5.91 Å². The van der Waals surface area contributed by atoms with Crippen molar-refractivity contribution in [3.8, 4) is 9.88 Å². The van der Waals surface area contributed by atoms with Gasteiger partial charge in [-0.05, 0) is 37.1 Å². The predicted octanol–water partition coefficient (Wildman–Crippen LogP) is 5.04. The van der Waals surface area contributed by atoms with Gasteiger partial charge in [0.05, 0.1) is 10.6 Å². The molecule has 0 saturated carbocycles. The standard InChI is InChI=1S/C18H17N3OS3/c1-2-9-21(18-20-12-6-3-4-7-14(12)25-18)17(22)13-11-24-16(19-13)15-8-5-10-23-15/h2,5,8,10-11H,1,3-4,6-7,9H2. The minimum Gasteiger partial charge on any atom is -0.279 e. The molecule has 128 valence electrons. The van der Waals surface area contributed by atoms with E-state index in [-0.39, 0.29) is 5.91 Å². The third kappa shape index (κ3) is 3.31. The van der Waals surface area contributed by atoms with Crippen molar-refractivity contribution in [3.63, 3.8) is 0 Å². The van der Waals surface area contributed by atoms with Crippen LogP contribution in [0.25, 0.3) is 9.88 Å². The molecule has 0 fully saturated rings. The number of anilines is 1. The highest BCUT2D eigenvalue weighted by Gasteiger charge is 2.25. The van der Waals surface area contributed by atoms with Crippen LogP contribution in [0.3, 0.4) is 0 Å². The second kappa shape index (κ2) is 7.19. The van der Waals surface area contributed by atoms with Crippen LogP contribution in [-0.4, -0.2) is 22.4 Å². The van der Waals surface area contributed by atoms with Crippen LogP contribution in [0, 0.1) is 0 Å². The molecule has 0 bridgehead atoms. The molecule has 3 aromatic heterocycles. The van der Waals surface area contributed by atoms with E-state index in [1.807, 2.05) is 22.9 Å². The number of rotatable bonds is 5. The molecule has 0 aromatic carbocycles. The number of nitrogens with zero attached hydrogens (tertiary/aromatic N) is 3. The van der Waals surface area contributed by atoms with Crippen molar-refractivity contribution < 1.29 is 4.79 Å². The molecule has 0 spiro atoms. The summed E-state index contributed by atoms with van der Waals surface area (Å²) in [6, 6.07) is 4.02. The van der Waals surface area contributed by atoms with Crippen LogP contribution in [0.15, 0.2) is 35.5 Å². The number of carbonyl (C=O) groups excluding carboxylic acids is 1. The van der Waals surface area contributed by atoms with Gasteiger partial charge in [-0.3, -0.25) is 9.69 Å². The van der Waals surface area contributed by atoms with Crippen molar-refractivity contribution >= 4 is 45.0 Å². The fourth-order valence-electron chi connectivity index (χ4n) is 2.85. The number of fused-ring (bicyclic) bond motifs is 1. The molecule has 0 unspecified atom stereocenters. The quantitative estimate of drug-likeness (QED) is 0.576. The van der Waals surface area contributed by atoms with Crippen molar-refractivity contribution in [2.75, 3.05) is 11.4 Å². The van der Waals surface area contributed by atoms with Gasteiger partial charge in [-0.2, -0.15) is 0 Å². The number of hydrogen-bond acceptors (Lipinski definition) is 6. The Morgan fingerprint density at radius 2 is 2.16 bits per heavy atom. The molecule has 7 heteroatoms. The molecule has 3 aromatic rings. The van der Waals surface area contributed by atoms with Crippen molar-refractivity contribution in [1.29, 1.82) is 0 Å². The average molecular weight is 388 g/mol. The number of aryl methyl sites for hydroxylation is 2. The van der Waals surface area contributed by atoms with Crippen LogP contribution < -0.4 is 4.90 Å². The Hall–Kier alpha value is -1.83. The third-order valence-electron chi connectivity index (χ3n) is 4.08. The Labute approximate surface area is 158 Å². The maximum atomic E-state index is 13.0. The Morgan fingerprint density at radius 1 is 1.28 bits per heavy atom. The van der Waals surface area contributed by atoms with Crippen molar-refractivity contribution in [2.45, 2.75) is 25.7 Å². The van der Waals surface area contributed by atoms with E-state index in [1.165, 1.54) is 29.1 Å². The van der Waals surface area contributed by atoms with Crippen molar-refractivity contribution in [3.05, 3.63) is 51.8 Å². The molecule has 0 atom stereocenters. The zero-order chi connectivity index (χ0) is 17.2. The summed E-state index contributed by atoms with van der Waals surface area (Å²) < 4.78 is 0. The fraction of sp³-hybridized carbons (Fsp3) is 0.278. The number of aromatic nitrogens is 2. The van der Waals surface area contributed by atoms with E-state index in [9.17, 15) is 4.79 Å². The normalized spacial score (nSPS) is 13.4. The number of carbonyl (C=O) groups is 1. The Kier molecular flexibility index (Phi) is 4.78. The topological polar surface area (TPSA) is 46.1 Å². The van der Waals surface area contributed by atoms with Gasteiger partial charge in [0.2, 0.25) is 0 Å². The maximum Gasteiger partial charge on any atom is 0.279 e. The van der Waals surface area contributed by atoms with Gasteiger partial charge < -0.3 is 0 Å². The molecule has 3 heterocycles. The molecule has 1 aliphatic carbocycles. The summed E-state index contributed by atoms with van der Waals surface area (Å²) in [5.74, 6) is -0.106. The molecule has 0 radical (unpaired) electrons. The van der Waals surface area contributed by atoms with Gasteiger partial charge in [0, 0.05) is 16.8 Å². The Morgan fingerprint density at radius 3 is 2.92 bits per heavy atom. The summed E-state index contributed by atoms with van der Waals surface area (Å²) in [4.78, 5) is 26.4. The smallest absolute Gasteiger partial charge is 0.279 e. The number of hydrogen-bond donors (Lipinski definition) is 0. The van der Waals surface area contributed by atoms with Crippen LogP contribution >= 0.6 is 34.0 Å². The SMILES string of the molecule is C=CCN(C(=O)c1csc(-c2cccs2)n1)c1nc2c(s1)CCCC2. The highest BCUT2D eigenvalue weighted by molar-refractivity contribution is 7.20. The van der Waals surface area contributed by atoms with E-state index in [0.29, 0.717) is 12.2 Å². The van der Waals surface area contributed by atoms with E-state index in [0.717, 1.165) is 33.6 Å². The molecular weight excluding hydrogens is 370 g/mol. The lowest BCUT2D eigenvalue weighted by atomic mass is 10.0. The Balaban J connectivity index is 1.63. The minimum absolute atomic E-state index is 0.106. The first kappa shape index (κ1) is 16.6. The third-order valence-corrected chi connectivity index (χ3v) is 7.14. The molecule has 0 saturated heterocycles. The molecule has 0 N–H and O–H groups in total. The van der Waals surface area contributed by atoms with E-state index >= 15 is 0 Å². The zero-order valence-corrected chi connectivity index (χ0v) is 16.1. The molecule has 4 nitrogen and oxygen atoms in total. The largest absolute Gasteiger partial charge is 0.279 e. The Bertz CT molecular complexity index is 871. The van der Waals surface area contributed by atoms with Gasteiger partial charge in [0.15, 0.2) is 5.13 Å². The average Bonchev–Trinajstić information content (AvgIpc) is 3.38. The summed E-state index contributed by atoms with van der Waals surface area (Å²) in [5.41, 5.74) is 1.63. The number of amides is 1. The van der Waals surface area contributed by atoms with E-state index in [2.05, 4.69) is 11.6 Å². The second-order valence-corrected chi connectivity index (χ2v) is 8.66. The minimum atomic E-state index is -0.106. The summed E-state index contributed by atoms with van der Waals surface area (Å²) >= 11 is 4.77. The van der Waals surface area contributed by atoms with Crippen LogP contribution in [-0.2, 0) is 12.8 Å². The van der Waals surface area contributed by atoms with Crippen molar-refractivity contribution in [2.24, 2.45) is 0 Å². The molecule has 25 heavy (non-hydrogen) atoms. The molecule has 1 aliphatic rings. The monoisotopic (exact) mass is 387 g/mol. The van der Waals surface area contributed by atoms with Gasteiger partial charge in [-0.15, -0.1) is 40.6 Å². The van der Waals surface area contributed by atoms with Crippen molar-refractivity contribution in [1.82, 2.24) is 9.97 Å². The van der Waals surface area contributed by atoms with Crippen LogP contribution in [0.1, 0.15) is 33.9 Å². The lowest BCUT2D eigenvalue weighted by Crippen LogP contribution is -2.31. The summed E-state index contributed by atoms with van der Waals surface area (Å²) in [7, 11) is 0. The zero-order valence-electron chi connectivity index (χ0n) is 13.6. The highest BCUT2D eigenvalue weighted by atomic mass is 32.1. The summed E-state index contributed by atoms with van der Waals surface area (Å²) in [5, 5.41) is 5.50. The molecule has 0 aliphatic heterocycles. The van der Waals surface area contributed by atoms with Gasteiger partial charge in [-0.25, -0.2) is 9.97 Å². The fourth-order valence-corrected chi connectivity index (χ4v) is 5.62.